The predicted molar refractivity (Wildman–Crippen MR) is 59.2 cm³/mol. The zero-order valence-electron chi connectivity index (χ0n) is 9.18. The fraction of sp³-hybridized carbons (Fsp3) is 1.00. The molecule has 90 valence electrons. The number of ether oxygens (including phenoxy) is 1. The first-order valence-electron chi connectivity index (χ1n) is 4.77. The number of rotatable bonds is 3. The lowest BCUT2D eigenvalue weighted by Gasteiger charge is -2.36. The number of morpholine rings is 1. The monoisotopic (exact) mass is 256 g/mol. The Morgan fingerprint density at radius 2 is 2.07 bits per heavy atom. The van der Waals surface area contributed by atoms with E-state index in [1.165, 1.54) is 22.7 Å². The first-order chi connectivity index (χ1) is 6.87. The van der Waals surface area contributed by atoms with E-state index in [-0.39, 0.29) is 12.2 Å². The molecule has 2 atom stereocenters. The van der Waals surface area contributed by atoms with E-state index in [2.05, 4.69) is 0 Å². The van der Waals surface area contributed by atoms with E-state index in [0.29, 0.717) is 19.0 Å². The molecular weight excluding hydrogens is 240 g/mol. The highest BCUT2D eigenvalue weighted by molar-refractivity contribution is 7.86. The van der Waals surface area contributed by atoms with Crippen molar-refractivity contribution in [3.63, 3.8) is 0 Å². The summed E-state index contributed by atoms with van der Waals surface area (Å²) in [5.74, 6) is 0.309. The van der Waals surface area contributed by atoms with Crippen molar-refractivity contribution in [2.75, 3.05) is 33.1 Å². The molecule has 0 aromatic rings. The molecule has 1 fully saturated rings. The van der Waals surface area contributed by atoms with Gasteiger partial charge in [0.25, 0.3) is 10.2 Å². The van der Waals surface area contributed by atoms with Gasteiger partial charge in [-0.05, 0) is 6.92 Å². The first-order valence-corrected chi connectivity index (χ1v) is 6.70. The standard InChI is InChI=1S/C8H17ClN2O3S/c1-7-5-11(6-8(4-9)14-7)15(12,13)10(2)3/h7-8H,4-6H2,1-3H3. The molecule has 1 aliphatic rings. The topological polar surface area (TPSA) is 49.9 Å². The fourth-order valence-corrected chi connectivity index (χ4v) is 2.89. The average Bonchev–Trinajstić information content (AvgIpc) is 2.16. The molecule has 0 amide bonds. The molecule has 5 nitrogen and oxygen atoms in total. The van der Waals surface area contributed by atoms with Gasteiger partial charge < -0.3 is 4.74 Å². The molecule has 0 radical (unpaired) electrons. The lowest BCUT2D eigenvalue weighted by Crippen LogP contribution is -2.52. The largest absolute Gasteiger partial charge is 0.371 e. The van der Waals surface area contributed by atoms with Crippen LogP contribution in [-0.4, -0.2) is 62.3 Å². The van der Waals surface area contributed by atoms with Gasteiger partial charge in [0.1, 0.15) is 0 Å². The first kappa shape index (κ1) is 13.2. The lowest BCUT2D eigenvalue weighted by atomic mass is 10.3. The van der Waals surface area contributed by atoms with Crippen LogP contribution < -0.4 is 0 Å². The maximum atomic E-state index is 11.8. The van der Waals surface area contributed by atoms with E-state index in [1.807, 2.05) is 6.92 Å². The zero-order valence-corrected chi connectivity index (χ0v) is 10.8. The molecule has 15 heavy (non-hydrogen) atoms. The van der Waals surface area contributed by atoms with Crippen LogP contribution in [0.5, 0.6) is 0 Å². The van der Waals surface area contributed by atoms with Crippen LogP contribution >= 0.6 is 11.6 Å². The minimum Gasteiger partial charge on any atom is -0.371 e. The summed E-state index contributed by atoms with van der Waals surface area (Å²) >= 11 is 5.68. The maximum absolute atomic E-state index is 11.8. The van der Waals surface area contributed by atoms with E-state index in [9.17, 15) is 8.42 Å². The summed E-state index contributed by atoms with van der Waals surface area (Å²) in [5, 5.41) is 0. The van der Waals surface area contributed by atoms with Crippen LogP contribution in [0.2, 0.25) is 0 Å². The van der Waals surface area contributed by atoms with Gasteiger partial charge in [0, 0.05) is 33.1 Å². The van der Waals surface area contributed by atoms with Gasteiger partial charge in [-0.15, -0.1) is 11.6 Å². The molecular formula is C8H17ClN2O3S. The van der Waals surface area contributed by atoms with Crippen molar-refractivity contribution in [1.29, 1.82) is 0 Å². The fourth-order valence-electron chi connectivity index (χ4n) is 1.51. The summed E-state index contributed by atoms with van der Waals surface area (Å²) in [6.07, 6.45) is -0.331. The van der Waals surface area contributed by atoms with Gasteiger partial charge in [-0.25, -0.2) is 0 Å². The second kappa shape index (κ2) is 4.97. The van der Waals surface area contributed by atoms with Gasteiger partial charge in [0.05, 0.1) is 12.2 Å². The van der Waals surface area contributed by atoms with Gasteiger partial charge in [-0.3, -0.25) is 0 Å². The Balaban J connectivity index is 2.78. The van der Waals surface area contributed by atoms with Gasteiger partial charge in [-0.1, -0.05) is 0 Å². The number of hydrogen-bond donors (Lipinski definition) is 0. The highest BCUT2D eigenvalue weighted by Crippen LogP contribution is 2.16. The quantitative estimate of drug-likeness (QED) is 0.674. The van der Waals surface area contributed by atoms with Crippen LogP contribution in [0.4, 0.5) is 0 Å². The third kappa shape index (κ3) is 3.04. The number of halogens is 1. The van der Waals surface area contributed by atoms with Crippen molar-refractivity contribution in [3.8, 4) is 0 Å². The molecule has 0 aromatic heterocycles. The third-order valence-electron chi connectivity index (χ3n) is 2.25. The Kier molecular flexibility index (Phi) is 4.37. The summed E-state index contributed by atoms with van der Waals surface area (Å²) in [6.45, 7) is 2.55. The Morgan fingerprint density at radius 1 is 1.47 bits per heavy atom. The molecule has 1 heterocycles. The number of hydrogen-bond acceptors (Lipinski definition) is 3. The Hall–Kier alpha value is 0.120. The second-order valence-electron chi connectivity index (χ2n) is 3.83. The van der Waals surface area contributed by atoms with Crippen LogP contribution in [0, 0.1) is 0 Å². The average molecular weight is 257 g/mol. The van der Waals surface area contributed by atoms with Crippen molar-refractivity contribution in [2.45, 2.75) is 19.1 Å². The van der Waals surface area contributed by atoms with Crippen LogP contribution in [0.3, 0.4) is 0 Å². The molecule has 1 saturated heterocycles. The van der Waals surface area contributed by atoms with Crippen LogP contribution in [0.1, 0.15) is 6.92 Å². The zero-order chi connectivity index (χ0) is 11.6. The maximum Gasteiger partial charge on any atom is 0.281 e. The summed E-state index contributed by atoms with van der Waals surface area (Å²) in [7, 11) is -0.310. The van der Waals surface area contributed by atoms with Crippen molar-refractivity contribution in [2.24, 2.45) is 0 Å². The number of nitrogens with zero attached hydrogens (tertiary/aromatic N) is 2. The Morgan fingerprint density at radius 3 is 2.53 bits per heavy atom. The summed E-state index contributed by atoms with van der Waals surface area (Å²) in [5.41, 5.74) is 0. The third-order valence-corrected chi connectivity index (χ3v) is 4.47. The van der Waals surface area contributed by atoms with Crippen molar-refractivity contribution in [3.05, 3.63) is 0 Å². The van der Waals surface area contributed by atoms with Gasteiger partial charge in [0.15, 0.2) is 0 Å². The van der Waals surface area contributed by atoms with E-state index >= 15 is 0 Å². The van der Waals surface area contributed by atoms with Gasteiger partial charge >= 0.3 is 0 Å². The summed E-state index contributed by atoms with van der Waals surface area (Å²) < 4.78 is 31.8. The molecule has 0 aromatic carbocycles. The van der Waals surface area contributed by atoms with Crippen molar-refractivity contribution < 1.29 is 13.2 Å². The normalized spacial score (nSPS) is 29.7. The lowest BCUT2D eigenvalue weighted by molar-refractivity contribution is -0.0433. The molecule has 0 saturated carbocycles. The van der Waals surface area contributed by atoms with Crippen LogP contribution in [0.25, 0.3) is 0 Å². The molecule has 0 N–H and O–H groups in total. The van der Waals surface area contributed by atoms with Crippen molar-refractivity contribution in [1.82, 2.24) is 8.61 Å². The van der Waals surface area contributed by atoms with E-state index in [1.54, 1.807) is 0 Å². The summed E-state index contributed by atoms with van der Waals surface area (Å²) in [6, 6.07) is 0. The number of alkyl halides is 1. The summed E-state index contributed by atoms with van der Waals surface area (Å²) in [4.78, 5) is 0. The van der Waals surface area contributed by atoms with Gasteiger partial charge in [0.2, 0.25) is 0 Å². The molecule has 1 aliphatic heterocycles. The highest BCUT2D eigenvalue weighted by Gasteiger charge is 2.33. The molecule has 7 heteroatoms. The predicted octanol–water partition coefficient (Wildman–Crippen LogP) is 0.121. The highest BCUT2D eigenvalue weighted by atomic mass is 35.5. The van der Waals surface area contributed by atoms with E-state index < -0.39 is 10.2 Å². The smallest absolute Gasteiger partial charge is 0.281 e. The molecule has 2 unspecified atom stereocenters. The van der Waals surface area contributed by atoms with E-state index in [0.717, 1.165) is 0 Å². The minimum absolute atomic E-state index is 0.114. The van der Waals surface area contributed by atoms with Crippen molar-refractivity contribution >= 4 is 21.8 Å². The SMILES string of the molecule is CC1CN(S(=O)(=O)N(C)C)CC(CCl)O1. The Bertz CT molecular complexity index is 307. The minimum atomic E-state index is -3.35. The Labute approximate surface area is 96.1 Å². The molecule has 0 bridgehead atoms. The molecule has 1 rings (SSSR count). The second-order valence-corrected chi connectivity index (χ2v) is 6.28. The molecule has 0 spiro atoms. The van der Waals surface area contributed by atoms with Crippen LogP contribution in [-0.2, 0) is 14.9 Å². The van der Waals surface area contributed by atoms with Crippen LogP contribution in [0.15, 0.2) is 0 Å². The van der Waals surface area contributed by atoms with Gasteiger partial charge in [-0.2, -0.15) is 17.0 Å². The van der Waals surface area contributed by atoms with E-state index in [4.69, 9.17) is 16.3 Å². The molecule has 0 aliphatic carbocycles.